The number of hydrogen-bond donors (Lipinski definition) is 3. The van der Waals surface area contributed by atoms with Crippen molar-refractivity contribution in [1.82, 2.24) is 5.32 Å². The Balaban J connectivity index is 2.25. The van der Waals surface area contributed by atoms with Gasteiger partial charge in [-0.1, -0.05) is 6.92 Å². The molecule has 1 amide bonds. The van der Waals surface area contributed by atoms with Gasteiger partial charge >= 0.3 is 0 Å². The zero-order valence-corrected chi connectivity index (χ0v) is 9.58. The molecular weight excluding hydrogens is 202 g/mol. The van der Waals surface area contributed by atoms with Gasteiger partial charge in [-0.15, -0.1) is 0 Å². The third-order valence-corrected chi connectivity index (χ3v) is 2.97. The van der Waals surface area contributed by atoms with Gasteiger partial charge < -0.3 is 16.4 Å². The Hall–Kier alpha value is -1.71. The number of benzene rings is 1. The average Bonchev–Trinajstić information content (AvgIpc) is 2.93. The van der Waals surface area contributed by atoms with E-state index in [1.54, 1.807) is 19.2 Å². The molecule has 1 aromatic rings. The Morgan fingerprint density at radius 2 is 2.19 bits per heavy atom. The fourth-order valence-corrected chi connectivity index (χ4v) is 1.74. The summed E-state index contributed by atoms with van der Waals surface area (Å²) in [5.74, 6) is 0.592. The van der Waals surface area contributed by atoms with Crippen molar-refractivity contribution in [2.75, 3.05) is 18.1 Å². The molecule has 1 saturated carbocycles. The van der Waals surface area contributed by atoms with Crippen molar-refractivity contribution in [1.29, 1.82) is 0 Å². The van der Waals surface area contributed by atoms with Crippen LogP contribution in [0.3, 0.4) is 0 Å². The first-order valence-corrected chi connectivity index (χ1v) is 5.50. The molecule has 16 heavy (non-hydrogen) atoms. The number of nitrogens with two attached hydrogens (primary N) is 1. The van der Waals surface area contributed by atoms with Crippen molar-refractivity contribution in [2.24, 2.45) is 5.92 Å². The van der Waals surface area contributed by atoms with Crippen LogP contribution < -0.4 is 16.4 Å². The van der Waals surface area contributed by atoms with E-state index in [1.165, 1.54) is 0 Å². The molecule has 0 aromatic heterocycles. The molecule has 0 saturated heterocycles. The van der Waals surface area contributed by atoms with Crippen molar-refractivity contribution in [3.8, 4) is 0 Å². The third kappa shape index (κ3) is 2.10. The molecule has 1 aliphatic carbocycles. The molecule has 0 aliphatic heterocycles. The molecule has 1 fully saturated rings. The highest BCUT2D eigenvalue weighted by molar-refractivity contribution is 6.00. The smallest absolute Gasteiger partial charge is 0.253 e. The molecule has 0 heterocycles. The second-order valence-electron chi connectivity index (χ2n) is 4.35. The van der Waals surface area contributed by atoms with E-state index in [4.69, 9.17) is 5.73 Å². The fourth-order valence-electron chi connectivity index (χ4n) is 1.74. The number of rotatable bonds is 3. The third-order valence-electron chi connectivity index (χ3n) is 2.97. The predicted octanol–water partition coefficient (Wildman–Crippen LogP) is 1.45. The zero-order valence-electron chi connectivity index (χ0n) is 9.58. The maximum absolute atomic E-state index is 11.6. The van der Waals surface area contributed by atoms with Crippen LogP contribution in [-0.4, -0.2) is 19.0 Å². The Kier molecular flexibility index (Phi) is 2.73. The number of carbonyl (C=O) groups excluding carboxylic acids is 1. The van der Waals surface area contributed by atoms with Crippen LogP contribution in [0.4, 0.5) is 11.4 Å². The predicted molar refractivity (Wildman–Crippen MR) is 65.4 cm³/mol. The molecule has 4 nitrogen and oxygen atoms in total. The van der Waals surface area contributed by atoms with Crippen LogP contribution in [0.5, 0.6) is 0 Å². The first-order valence-electron chi connectivity index (χ1n) is 5.50. The van der Waals surface area contributed by atoms with Crippen molar-refractivity contribution >= 4 is 17.3 Å². The largest absolute Gasteiger partial charge is 0.399 e. The topological polar surface area (TPSA) is 67.2 Å². The summed E-state index contributed by atoms with van der Waals surface area (Å²) < 4.78 is 0. The molecule has 0 radical (unpaired) electrons. The van der Waals surface area contributed by atoms with E-state index in [0.29, 0.717) is 23.2 Å². The lowest BCUT2D eigenvalue weighted by Crippen LogP contribution is -2.20. The monoisotopic (exact) mass is 219 g/mol. The lowest BCUT2D eigenvalue weighted by atomic mass is 10.1. The van der Waals surface area contributed by atoms with Gasteiger partial charge in [0.05, 0.1) is 5.56 Å². The van der Waals surface area contributed by atoms with E-state index in [9.17, 15) is 4.79 Å². The average molecular weight is 219 g/mol. The van der Waals surface area contributed by atoms with Crippen LogP contribution in [0.15, 0.2) is 18.2 Å². The highest BCUT2D eigenvalue weighted by Crippen LogP contribution is 2.34. The number of anilines is 2. The van der Waals surface area contributed by atoms with Gasteiger partial charge in [-0.25, -0.2) is 0 Å². The van der Waals surface area contributed by atoms with Gasteiger partial charge in [-0.2, -0.15) is 0 Å². The molecule has 0 spiro atoms. The molecule has 0 bridgehead atoms. The summed E-state index contributed by atoms with van der Waals surface area (Å²) in [6.45, 7) is 2.18. The van der Waals surface area contributed by atoms with Crippen LogP contribution in [0.2, 0.25) is 0 Å². The van der Waals surface area contributed by atoms with Crippen LogP contribution >= 0.6 is 0 Å². The number of nitrogens with one attached hydrogen (secondary N) is 2. The highest BCUT2D eigenvalue weighted by Gasteiger charge is 2.33. The van der Waals surface area contributed by atoms with Crippen molar-refractivity contribution < 1.29 is 4.79 Å². The van der Waals surface area contributed by atoms with E-state index in [-0.39, 0.29) is 5.91 Å². The highest BCUT2D eigenvalue weighted by atomic mass is 16.1. The molecule has 86 valence electrons. The van der Waals surface area contributed by atoms with E-state index in [1.807, 2.05) is 6.07 Å². The van der Waals surface area contributed by atoms with E-state index in [0.717, 1.165) is 12.1 Å². The Labute approximate surface area is 95.2 Å². The van der Waals surface area contributed by atoms with Gasteiger partial charge in [0.1, 0.15) is 0 Å². The SMILES string of the molecule is CNC(=O)c1ccc(N)cc1NC1CC1C. The minimum atomic E-state index is -0.0872. The molecule has 1 aromatic carbocycles. The Morgan fingerprint density at radius 3 is 2.75 bits per heavy atom. The summed E-state index contributed by atoms with van der Waals surface area (Å²) >= 11 is 0. The van der Waals surface area contributed by atoms with Gasteiger partial charge in [-0.3, -0.25) is 4.79 Å². The lowest BCUT2D eigenvalue weighted by Gasteiger charge is -2.11. The van der Waals surface area contributed by atoms with Gasteiger partial charge in [0.25, 0.3) is 5.91 Å². The number of carbonyl (C=O) groups is 1. The lowest BCUT2D eigenvalue weighted by molar-refractivity contribution is 0.0964. The summed E-state index contributed by atoms with van der Waals surface area (Å²) in [5, 5.41) is 5.98. The van der Waals surface area contributed by atoms with E-state index in [2.05, 4.69) is 17.6 Å². The molecular formula is C12H17N3O. The van der Waals surface area contributed by atoms with Crippen molar-refractivity contribution in [3.05, 3.63) is 23.8 Å². The second kappa shape index (κ2) is 4.04. The molecule has 2 atom stereocenters. The maximum Gasteiger partial charge on any atom is 0.253 e. The van der Waals surface area contributed by atoms with Crippen LogP contribution in [-0.2, 0) is 0 Å². The maximum atomic E-state index is 11.6. The Morgan fingerprint density at radius 1 is 1.50 bits per heavy atom. The van der Waals surface area contributed by atoms with Gasteiger partial charge in [-0.05, 0) is 30.5 Å². The fraction of sp³-hybridized carbons (Fsp3) is 0.417. The van der Waals surface area contributed by atoms with Gasteiger partial charge in [0, 0.05) is 24.5 Å². The van der Waals surface area contributed by atoms with E-state index < -0.39 is 0 Å². The molecule has 1 aliphatic rings. The second-order valence-corrected chi connectivity index (χ2v) is 4.35. The molecule has 4 heteroatoms. The minimum absolute atomic E-state index is 0.0872. The van der Waals surface area contributed by atoms with Gasteiger partial charge in [0.15, 0.2) is 0 Å². The normalized spacial score (nSPS) is 22.6. The Bertz CT molecular complexity index is 417. The van der Waals surface area contributed by atoms with Crippen LogP contribution in [0.25, 0.3) is 0 Å². The summed E-state index contributed by atoms with van der Waals surface area (Å²) in [4.78, 5) is 11.6. The molecule has 2 unspecified atom stereocenters. The van der Waals surface area contributed by atoms with Gasteiger partial charge in [0.2, 0.25) is 0 Å². The standard InChI is InChI=1S/C12H17N3O/c1-7-5-10(7)15-11-6-8(13)3-4-9(11)12(16)14-2/h3-4,6-7,10,15H,5,13H2,1-2H3,(H,14,16). The van der Waals surface area contributed by atoms with Crippen LogP contribution in [0.1, 0.15) is 23.7 Å². The first-order chi connectivity index (χ1) is 7.61. The summed E-state index contributed by atoms with van der Waals surface area (Å²) in [5.41, 5.74) is 7.87. The van der Waals surface area contributed by atoms with Crippen molar-refractivity contribution in [3.63, 3.8) is 0 Å². The number of nitrogen functional groups attached to an aromatic ring is 1. The summed E-state index contributed by atoms with van der Waals surface area (Å²) in [6.07, 6.45) is 1.15. The van der Waals surface area contributed by atoms with E-state index >= 15 is 0 Å². The van der Waals surface area contributed by atoms with Crippen molar-refractivity contribution in [2.45, 2.75) is 19.4 Å². The quantitative estimate of drug-likeness (QED) is 0.674. The zero-order chi connectivity index (χ0) is 11.7. The molecule has 2 rings (SSSR count). The number of amides is 1. The van der Waals surface area contributed by atoms with Crippen LogP contribution in [0, 0.1) is 5.92 Å². The minimum Gasteiger partial charge on any atom is -0.399 e. The first kappa shape index (κ1) is 10.8. The molecule has 4 N–H and O–H groups in total. The summed E-state index contributed by atoms with van der Waals surface area (Å²) in [7, 11) is 1.63. The summed E-state index contributed by atoms with van der Waals surface area (Å²) in [6, 6.07) is 5.79. The number of hydrogen-bond acceptors (Lipinski definition) is 3.